The topological polar surface area (TPSA) is 45.6 Å². The molecule has 3 rings (SSSR count). The molecule has 1 fully saturated rings. The first-order valence-corrected chi connectivity index (χ1v) is 7.91. The molecule has 0 bridgehead atoms. The SMILES string of the molecule is CCn1cc(C=O)c(=O)c2cc(F)c(N3CCN(C)CC3)c(F)c21. The van der Waals surface area contributed by atoms with Crippen molar-refractivity contribution in [3.63, 3.8) is 0 Å². The zero-order chi connectivity index (χ0) is 17.4. The molecular weight excluding hydrogens is 316 g/mol. The molecule has 0 aliphatic carbocycles. The third kappa shape index (κ3) is 2.58. The maximum Gasteiger partial charge on any atom is 0.200 e. The zero-order valence-corrected chi connectivity index (χ0v) is 13.7. The predicted molar refractivity (Wildman–Crippen MR) is 88.9 cm³/mol. The summed E-state index contributed by atoms with van der Waals surface area (Å²) >= 11 is 0. The van der Waals surface area contributed by atoms with E-state index in [0.29, 0.717) is 39.0 Å². The van der Waals surface area contributed by atoms with Crippen LogP contribution in [0.3, 0.4) is 0 Å². The standard InChI is InChI=1S/C17H19F2N3O2/c1-3-21-9-11(10-23)17(24)12-8-13(18)16(14(19)15(12)21)22-6-4-20(2)5-7-22/h8-10H,3-7H2,1-2H3. The molecule has 1 aliphatic rings. The van der Waals surface area contributed by atoms with Gasteiger partial charge >= 0.3 is 0 Å². The number of benzene rings is 1. The molecule has 0 atom stereocenters. The van der Waals surface area contributed by atoms with E-state index in [9.17, 15) is 14.0 Å². The first-order chi connectivity index (χ1) is 11.5. The maximum atomic E-state index is 15.1. The minimum absolute atomic E-state index is 0.0448. The first-order valence-electron chi connectivity index (χ1n) is 7.91. The van der Waals surface area contributed by atoms with Gasteiger partial charge in [-0.3, -0.25) is 9.59 Å². The fourth-order valence-electron chi connectivity index (χ4n) is 3.15. The van der Waals surface area contributed by atoms with E-state index in [0.717, 1.165) is 6.07 Å². The lowest BCUT2D eigenvalue weighted by molar-refractivity contribution is 0.112. The largest absolute Gasteiger partial charge is 0.364 e. The van der Waals surface area contributed by atoms with Crippen LogP contribution in [0.1, 0.15) is 17.3 Å². The van der Waals surface area contributed by atoms with Crippen molar-refractivity contribution in [1.82, 2.24) is 9.47 Å². The smallest absolute Gasteiger partial charge is 0.200 e. The molecule has 128 valence electrons. The van der Waals surface area contributed by atoms with Crippen molar-refractivity contribution in [1.29, 1.82) is 0 Å². The van der Waals surface area contributed by atoms with Crippen LogP contribution in [0, 0.1) is 11.6 Å². The van der Waals surface area contributed by atoms with E-state index >= 15 is 4.39 Å². The number of likely N-dealkylation sites (N-methyl/N-ethyl adjacent to an activating group) is 1. The van der Waals surface area contributed by atoms with Gasteiger partial charge in [-0.1, -0.05) is 0 Å². The molecule has 0 saturated carbocycles. The van der Waals surface area contributed by atoms with Crippen LogP contribution in [0.4, 0.5) is 14.5 Å². The van der Waals surface area contributed by atoms with E-state index in [1.165, 1.54) is 10.8 Å². The fourth-order valence-corrected chi connectivity index (χ4v) is 3.15. The average Bonchev–Trinajstić information content (AvgIpc) is 2.57. The average molecular weight is 335 g/mol. The van der Waals surface area contributed by atoms with Crippen LogP contribution < -0.4 is 10.3 Å². The molecule has 0 N–H and O–H groups in total. The number of nitrogens with zero attached hydrogens (tertiary/aromatic N) is 3. The number of anilines is 1. The van der Waals surface area contributed by atoms with Crippen LogP contribution in [0.5, 0.6) is 0 Å². The molecule has 2 heterocycles. The van der Waals surface area contributed by atoms with Gasteiger partial charge in [0.05, 0.1) is 16.5 Å². The Morgan fingerprint density at radius 1 is 1.21 bits per heavy atom. The summed E-state index contributed by atoms with van der Waals surface area (Å²) in [6.07, 6.45) is 1.74. The highest BCUT2D eigenvalue weighted by molar-refractivity contribution is 5.89. The Hall–Kier alpha value is -2.28. The van der Waals surface area contributed by atoms with Gasteiger partial charge < -0.3 is 14.4 Å². The van der Waals surface area contributed by atoms with Crippen LogP contribution in [-0.4, -0.2) is 49.0 Å². The van der Waals surface area contributed by atoms with Gasteiger partial charge in [0, 0.05) is 38.9 Å². The van der Waals surface area contributed by atoms with Crippen LogP contribution in [0.15, 0.2) is 17.1 Å². The van der Waals surface area contributed by atoms with Crippen molar-refractivity contribution in [2.24, 2.45) is 0 Å². The number of aryl methyl sites for hydroxylation is 1. The normalized spacial score (nSPS) is 15.9. The Balaban J connectivity index is 2.26. The number of piperazine rings is 1. The number of rotatable bonds is 3. The summed E-state index contributed by atoms with van der Waals surface area (Å²) in [7, 11) is 1.96. The van der Waals surface area contributed by atoms with Gasteiger partial charge in [0.1, 0.15) is 11.5 Å². The number of carbonyl (C=O) groups is 1. The lowest BCUT2D eigenvalue weighted by atomic mass is 10.1. The number of fused-ring (bicyclic) bond motifs is 1. The van der Waals surface area contributed by atoms with Gasteiger partial charge in [-0.25, -0.2) is 8.78 Å². The molecule has 1 aromatic carbocycles. The van der Waals surface area contributed by atoms with Crippen molar-refractivity contribution in [3.8, 4) is 0 Å². The molecule has 0 unspecified atom stereocenters. The molecule has 1 aliphatic heterocycles. The Morgan fingerprint density at radius 2 is 1.88 bits per heavy atom. The van der Waals surface area contributed by atoms with Crippen LogP contribution in [0.2, 0.25) is 0 Å². The Bertz CT molecular complexity index is 855. The number of hydrogen-bond acceptors (Lipinski definition) is 4. The summed E-state index contributed by atoms with van der Waals surface area (Å²) in [4.78, 5) is 27.1. The predicted octanol–water partition coefficient (Wildman–Crippen LogP) is 1.86. The molecule has 5 nitrogen and oxygen atoms in total. The molecule has 0 spiro atoms. The molecular formula is C17H19F2N3O2. The first kappa shape index (κ1) is 16.6. The Kier molecular flexibility index (Phi) is 4.36. The highest BCUT2D eigenvalue weighted by Crippen LogP contribution is 2.30. The summed E-state index contributed by atoms with van der Waals surface area (Å²) < 4.78 is 31.2. The minimum Gasteiger partial charge on any atom is -0.364 e. The summed E-state index contributed by atoms with van der Waals surface area (Å²) in [6, 6.07) is 1.05. The Labute approximate surface area is 138 Å². The molecule has 24 heavy (non-hydrogen) atoms. The quantitative estimate of drug-likeness (QED) is 0.804. The van der Waals surface area contributed by atoms with Crippen LogP contribution >= 0.6 is 0 Å². The third-order valence-electron chi connectivity index (χ3n) is 4.54. The lowest BCUT2D eigenvalue weighted by Gasteiger charge is -2.34. The number of halogens is 2. The fraction of sp³-hybridized carbons (Fsp3) is 0.412. The van der Waals surface area contributed by atoms with E-state index in [2.05, 4.69) is 4.90 Å². The van der Waals surface area contributed by atoms with Gasteiger partial charge in [-0.05, 0) is 20.0 Å². The maximum absolute atomic E-state index is 15.1. The lowest BCUT2D eigenvalue weighted by Crippen LogP contribution is -2.45. The van der Waals surface area contributed by atoms with Crippen molar-refractivity contribution in [2.75, 3.05) is 38.1 Å². The van der Waals surface area contributed by atoms with Crippen molar-refractivity contribution >= 4 is 22.9 Å². The van der Waals surface area contributed by atoms with E-state index < -0.39 is 17.1 Å². The number of aromatic nitrogens is 1. The monoisotopic (exact) mass is 335 g/mol. The van der Waals surface area contributed by atoms with Crippen LogP contribution in [0.25, 0.3) is 10.9 Å². The van der Waals surface area contributed by atoms with Crippen molar-refractivity contribution in [3.05, 3.63) is 39.7 Å². The van der Waals surface area contributed by atoms with E-state index in [1.54, 1.807) is 11.8 Å². The number of pyridine rings is 1. The minimum atomic E-state index is -0.771. The molecule has 0 radical (unpaired) electrons. The summed E-state index contributed by atoms with van der Waals surface area (Å²) in [5, 5.41) is -0.102. The van der Waals surface area contributed by atoms with E-state index in [4.69, 9.17) is 0 Å². The molecule has 1 aromatic heterocycles. The van der Waals surface area contributed by atoms with Gasteiger partial charge in [0.25, 0.3) is 0 Å². The number of carbonyl (C=O) groups excluding carboxylic acids is 1. The highest BCUT2D eigenvalue weighted by Gasteiger charge is 2.25. The summed E-state index contributed by atoms with van der Waals surface area (Å²) in [5.74, 6) is -1.52. The second-order valence-electron chi connectivity index (χ2n) is 6.02. The van der Waals surface area contributed by atoms with Gasteiger partial charge in [-0.2, -0.15) is 0 Å². The Morgan fingerprint density at radius 3 is 2.46 bits per heavy atom. The van der Waals surface area contributed by atoms with Crippen molar-refractivity contribution in [2.45, 2.75) is 13.5 Å². The van der Waals surface area contributed by atoms with E-state index in [-0.39, 0.29) is 22.2 Å². The molecule has 2 aromatic rings. The van der Waals surface area contributed by atoms with Gasteiger partial charge in [0.15, 0.2) is 17.5 Å². The van der Waals surface area contributed by atoms with Gasteiger partial charge in [-0.15, -0.1) is 0 Å². The third-order valence-corrected chi connectivity index (χ3v) is 4.54. The number of hydrogen-bond donors (Lipinski definition) is 0. The molecule has 0 amide bonds. The number of aldehydes is 1. The second-order valence-corrected chi connectivity index (χ2v) is 6.02. The molecule has 1 saturated heterocycles. The summed E-state index contributed by atoms with van der Waals surface area (Å²) in [5.41, 5.74) is -0.803. The van der Waals surface area contributed by atoms with Crippen LogP contribution in [-0.2, 0) is 6.54 Å². The van der Waals surface area contributed by atoms with Gasteiger partial charge in [0.2, 0.25) is 0 Å². The second kappa shape index (κ2) is 6.32. The van der Waals surface area contributed by atoms with Crippen molar-refractivity contribution < 1.29 is 13.6 Å². The highest BCUT2D eigenvalue weighted by atomic mass is 19.1. The van der Waals surface area contributed by atoms with E-state index in [1.807, 2.05) is 7.05 Å². The zero-order valence-electron chi connectivity index (χ0n) is 13.7. The summed E-state index contributed by atoms with van der Waals surface area (Å²) in [6.45, 7) is 4.58. The molecule has 7 heteroatoms.